The van der Waals surface area contributed by atoms with Gasteiger partial charge in [-0.3, -0.25) is 4.99 Å². The lowest BCUT2D eigenvalue weighted by molar-refractivity contribution is -0.884. The molecule has 0 saturated carbocycles. The molecular formula is C20H22N3S+. The smallest absolute Gasteiger partial charge is 0.119 e. The van der Waals surface area contributed by atoms with Crippen LogP contribution in [-0.2, 0) is 13.1 Å². The van der Waals surface area contributed by atoms with Crippen molar-refractivity contribution < 1.29 is 4.48 Å². The summed E-state index contributed by atoms with van der Waals surface area (Å²) in [5, 5.41) is 3.46. The van der Waals surface area contributed by atoms with Crippen LogP contribution >= 0.6 is 11.3 Å². The maximum Gasteiger partial charge on any atom is 0.119 e. The summed E-state index contributed by atoms with van der Waals surface area (Å²) in [5.41, 5.74) is 6.16. The van der Waals surface area contributed by atoms with E-state index >= 15 is 0 Å². The maximum atomic E-state index is 4.96. The van der Waals surface area contributed by atoms with Gasteiger partial charge in [-0.2, -0.15) is 0 Å². The Hall–Kier alpha value is -2.17. The van der Waals surface area contributed by atoms with Gasteiger partial charge in [0.1, 0.15) is 11.5 Å². The first-order chi connectivity index (χ1) is 11.5. The first-order valence-electron chi connectivity index (χ1n) is 8.21. The summed E-state index contributed by atoms with van der Waals surface area (Å²) in [6.45, 7) is 1.72. The summed E-state index contributed by atoms with van der Waals surface area (Å²) < 4.78 is 3.33. The van der Waals surface area contributed by atoms with Crippen molar-refractivity contribution in [3.05, 3.63) is 76.4 Å². The highest BCUT2D eigenvalue weighted by Crippen LogP contribution is 2.32. The Kier molecular flexibility index (Phi) is 3.66. The van der Waals surface area contributed by atoms with Gasteiger partial charge in [0, 0.05) is 16.8 Å². The van der Waals surface area contributed by atoms with Gasteiger partial charge in [0.15, 0.2) is 0 Å². The Morgan fingerprint density at radius 3 is 2.58 bits per heavy atom. The molecule has 1 aliphatic rings. The molecule has 0 N–H and O–H groups in total. The predicted octanol–water partition coefficient (Wildman–Crippen LogP) is 4.10. The van der Waals surface area contributed by atoms with Crippen LogP contribution in [0.1, 0.15) is 22.5 Å². The molecule has 122 valence electrons. The fourth-order valence-corrected chi connectivity index (χ4v) is 4.23. The van der Waals surface area contributed by atoms with Gasteiger partial charge in [-0.1, -0.05) is 30.3 Å². The number of rotatable bonds is 3. The van der Waals surface area contributed by atoms with Crippen LogP contribution in [-0.4, -0.2) is 35.9 Å². The van der Waals surface area contributed by atoms with Gasteiger partial charge in [0.05, 0.1) is 39.1 Å². The molecule has 0 fully saturated rings. The van der Waals surface area contributed by atoms with Crippen molar-refractivity contribution >= 4 is 17.0 Å². The monoisotopic (exact) mass is 336 g/mol. The summed E-state index contributed by atoms with van der Waals surface area (Å²) in [4.78, 5) is 4.96. The van der Waals surface area contributed by atoms with Crippen LogP contribution < -0.4 is 0 Å². The molecule has 0 unspecified atom stereocenters. The standard InChI is InChI=1S/C20H22N3S/c1-23(2,3)14-17-10-9-16-13-21-19(15-7-5-4-6-8-15)18-11-12-24-20(18)22(16)17/h4-12H,13-14H2,1-3H3/q+1. The summed E-state index contributed by atoms with van der Waals surface area (Å²) >= 11 is 1.80. The number of hydrogen-bond donors (Lipinski definition) is 0. The number of thiophene rings is 1. The molecule has 24 heavy (non-hydrogen) atoms. The first-order valence-corrected chi connectivity index (χ1v) is 9.09. The minimum Gasteiger partial charge on any atom is -0.326 e. The molecule has 4 rings (SSSR count). The molecule has 0 aliphatic carbocycles. The summed E-state index contributed by atoms with van der Waals surface area (Å²) in [5.74, 6) is 0. The van der Waals surface area contributed by atoms with E-state index in [-0.39, 0.29) is 0 Å². The normalized spacial score (nSPS) is 13.9. The van der Waals surface area contributed by atoms with Crippen LogP contribution in [0.4, 0.5) is 0 Å². The third-order valence-electron chi connectivity index (χ3n) is 4.23. The molecule has 4 heteroatoms. The molecule has 3 nitrogen and oxygen atoms in total. The van der Waals surface area contributed by atoms with E-state index in [2.05, 4.69) is 79.6 Å². The topological polar surface area (TPSA) is 17.3 Å². The summed E-state index contributed by atoms with van der Waals surface area (Å²) in [6.07, 6.45) is 0. The van der Waals surface area contributed by atoms with Crippen LogP contribution in [0.15, 0.2) is 58.9 Å². The minimum absolute atomic E-state index is 0.725. The minimum atomic E-state index is 0.725. The SMILES string of the molecule is C[N+](C)(C)Cc1ccc2n1-c1sccc1C(c1ccccc1)=NC2. The van der Waals surface area contributed by atoms with E-state index in [9.17, 15) is 0 Å². The summed E-state index contributed by atoms with van der Waals surface area (Å²) in [6, 6.07) is 17.2. The van der Waals surface area contributed by atoms with Gasteiger partial charge in [-0.05, 0) is 23.6 Å². The number of hydrogen-bond acceptors (Lipinski definition) is 2. The Bertz CT molecular complexity index is 895. The molecule has 0 spiro atoms. The van der Waals surface area contributed by atoms with Gasteiger partial charge < -0.3 is 9.05 Å². The third-order valence-corrected chi connectivity index (χ3v) is 5.13. The van der Waals surface area contributed by atoms with Gasteiger partial charge in [0.25, 0.3) is 0 Å². The molecule has 0 atom stereocenters. The van der Waals surface area contributed by atoms with E-state index in [1.54, 1.807) is 11.3 Å². The number of aromatic nitrogens is 1. The fourth-order valence-electron chi connectivity index (χ4n) is 3.26. The highest BCUT2D eigenvalue weighted by molar-refractivity contribution is 7.13. The largest absolute Gasteiger partial charge is 0.326 e. The lowest BCUT2D eigenvalue weighted by atomic mass is 10.0. The Morgan fingerprint density at radius 1 is 1.04 bits per heavy atom. The van der Waals surface area contributed by atoms with Crippen LogP contribution in [0.5, 0.6) is 0 Å². The van der Waals surface area contributed by atoms with Gasteiger partial charge in [-0.15, -0.1) is 11.3 Å². The second-order valence-corrected chi connectivity index (χ2v) is 8.16. The number of aliphatic imine (C=N–C) groups is 1. The van der Waals surface area contributed by atoms with Crippen LogP contribution in [0.25, 0.3) is 5.00 Å². The molecule has 1 aromatic carbocycles. The zero-order valence-electron chi connectivity index (χ0n) is 14.4. The van der Waals surface area contributed by atoms with Gasteiger partial charge in [-0.25, -0.2) is 0 Å². The maximum absolute atomic E-state index is 4.96. The van der Waals surface area contributed by atoms with Crippen LogP contribution in [0.3, 0.4) is 0 Å². The molecular weight excluding hydrogens is 314 g/mol. The van der Waals surface area contributed by atoms with Crippen molar-refractivity contribution in [2.45, 2.75) is 13.1 Å². The van der Waals surface area contributed by atoms with E-state index in [1.807, 2.05) is 0 Å². The van der Waals surface area contributed by atoms with Crippen molar-refractivity contribution in [3.63, 3.8) is 0 Å². The van der Waals surface area contributed by atoms with Gasteiger partial charge in [0.2, 0.25) is 0 Å². The predicted molar refractivity (Wildman–Crippen MR) is 101 cm³/mol. The number of nitrogens with zero attached hydrogens (tertiary/aromatic N) is 3. The second kappa shape index (κ2) is 5.72. The number of quaternary nitrogens is 1. The van der Waals surface area contributed by atoms with Crippen molar-refractivity contribution in [2.75, 3.05) is 21.1 Å². The van der Waals surface area contributed by atoms with Crippen molar-refractivity contribution in [1.82, 2.24) is 4.57 Å². The Morgan fingerprint density at radius 2 is 1.83 bits per heavy atom. The average Bonchev–Trinajstić information content (AvgIpc) is 3.11. The van der Waals surface area contributed by atoms with E-state index in [1.165, 1.54) is 27.5 Å². The molecule has 0 bridgehead atoms. The molecule has 0 saturated heterocycles. The zero-order chi connectivity index (χ0) is 16.7. The van der Waals surface area contributed by atoms with Crippen LogP contribution in [0, 0.1) is 0 Å². The van der Waals surface area contributed by atoms with E-state index in [0.29, 0.717) is 0 Å². The third kappa shape index (κ3) is 2.72. The lowest BCUT2D eigenvalue weighted by Gasteiger charge is -2.24. The second-order valence-electron chi connectivity index (χ2n) is 7.27. The molecule has 1 aliphatic heterocycles. The van der Waals surface area contributed by atoms with Gasteiger partial charge >= 0.3 is 0 Å². The molecule has 2 aromatic heterocycles. The molecule has 3 aromatic rings. The number of fused-ring (bicyclic) bond motifs is 3. The van der Waals surface area contributed by atoms with Crippen molar-refractivity contribution in [1.29, 1.82) is 0 Å². The molecule has 0 amide bonds. The van der Waals surface area contributed by atoms with Crippen LogP contribution in [0.2, 0.25) is 0 Å². The Balaban J connectivity index is 1.85. The first kappa shape index (κ1) is 15.4. The van der Waals surface area contributed by atoms with Crippen molar-refractivity contribution in [3.8, 4) is 5.00 Å². The van der Waals surface area contributed by atoms with E-state index in [0.717, 1.165) is 23.3 Å². The zero-order valence-corrected chi connectivity index (χ0v) is 15.2. The highest BCUT2D eigenvalue weighted by atomic mass is 32.1. The number of benzene rings is 1. The Labute approximate surface area is 147 Å². The molecule has 3 heterocycles. The lowest BCUT2D eigenvalue weighted by Crippen LogP contribution is -2.34. The quantitative estimate of drug-likeness (QED) is 0.641. The fraction of sp³-hybridized carbons (Fsp3) is 0.250. The van der Waals surface area contributed by atoms with Crippen molar-refractivity contribution in [2.24, 2.45) is 4.99 Å². The molecule has 0 radical (unpaired) electrons. The highest BCUT2D eigenvalue weighted by Gasteiger charge is 2.23. The van der Waals surface area contributed by atoms with E-state index in [4.69, 9.17) is 4.99 Å². The summed E-state index contributed by atoms with van der Waals surface area (Å²) in [7, 11) is 6.70. The average molecular weight is 336 g/mol. The van der Waals surface area contributed by atoms with E-state index < -0.39 is 0 Å².